The van der Waals surface area contributed by atoms with Gasteiger partial charge in [-0.05, 0) is 89.5 Å². The Hall–Kier alpha value is -3.79. The summed E-state index contributed by atoms with van der Waals surface area (Å²) in [7, 11) is -3.91. The number of fused-ring (bicyclic) bond motifs is 1. The molecule has 1 saturated carbocycles. The highest BCUT2D eigenvalue weighted by molar-refractivity contribution is 7.92. The van der Waals surface area contributed by atoms with E-state index >= 15 is 0 Å². The summed E-state index contributed by atoms with van der Waals surface area (Å²) in [5.74, 6) is -0.744. The molecule has 2 fully saturated rings. The minimum atomic E-state index is -3.91. The predicted molar refractivity (Wildman–Crippen MR) is 193 cm³/mol. The Morgan fingerprint density at radius 3 is 2.26 bits per heavy atom. The summed E-state index contributed by atoms with van der Waals surface area (Å²) in [6.07, 6.45) is 5.19. The lowest BCUT2D eigenvalue weighted by molar-refractivity contribution is -0.133. The van der Waals surface area contributed by atoms with Crippen molar-refractivity contribution >= 4 is 27.6 Å². The van der Waals surface area contributed by atoms with E-state index in [0.717, 1.165) is 37.5 Å². The van der Waals surface area contributed by atoms with Crippen molar-refractivity contribution in [2.75, 3.05) is 19.3 Å². The zero-order valence-electron chi connectivity index (χ0n) is 30.1. The summed E-state index contributed by atoms with van der Waals surface area (Å²) < 4.78 is 24.3. The molecule has 4 N–H and O–H groups in total. The van der Waals surface area contributed by atoms with Gasteiger partial charge < -0.3 is 21.1 Å². The fourth-order valence-corrected chi connectivity index (χ4v) is 7.72. The van der Waals surface area contributed by atoms with Gasteiger partial charge in [-0.1, -0.05) is 55.7 Å². The first kappa shape index (κ1) is 39.0. The van der Waals surface area contributed by atoms with Crippen molar-refractivity contribution in [2.24, 2.45) is 11.8 Å². The number of amides is 3. The van der Waals surface area contributed by atoms with Crippen LogP contribution in [0.2, 0.25) is 0 Å². The second kappa shape index (κ2) is 16.0. The minimum Gasteiger partial charge on any atom is -0.390 e. The van der Waals surface area contributed by atoms with E-state index in [1.54, 1.807) is 0 Å². The smallest absolute Gasteiger partial charge is 0.252 e. The second-order valence-electron chi connectivity index (χ2n) is 15.6. The van der Waals surface area contributed by atoms with Gasteiger partial charge in [0, 0.05) is 30.4 Å². The summed E-state index contributed by atoms with van der Waals surface area (Å²) in [6.45, 7) is 9.32. The maximum absolute atomic E-state index is 14.2. The molecular formula is C38H53N5O6S. The average Bonchev–Trinajstić information content (AvgIpc) is 3.05. The zero-order valence-corrected chi connectivity index (χ0v) is 30.9. The van der Waals surface area contributed by atoms with Crippen LogP contribution in [0.3, 0.4) is 0 Å². The summed E-state index contributed by atoms with van der Waals surface area (Å²) in [6, 6.07) is 14.3. The van der Waals surface area contributed by atoms with Crippen LogP contribution in [0.1, 0.15) is 88.2 Å². The Morgan fingerprint density at radius 1 is 0.980 bits per heavy atom. The Kier molecular flexibility index (Phi) is 12.5. The zero-order chi connectivity index (χ0) is 36.9. The van der Waals surface area contributed by atoms with Gasteiger partial charge in [0.2, 0.25) is 11.8 Å². The number of nitrogens with zero attached hydrogens (tertiary/aromatic N) is 2. The van der Waals surface area contributed by atoms with Crippen molar-refractivity contribution in [3.63, 3.8) is 0 Å². The molecule has 272 valence electrons. The third-order valence-electron chi connectivity index (χ3n) is 10.3. The summed E-state index contributed by atoms with van der Waals surface area (Å²) >= 11 is 0. The molecule has 0 bridgehead atoms. The van der Waals surface area contributed by atoms with Gasteiger partial charge in [0.15, 0.2) is 9.84 Å². The van der Waals surface area contributed by atoms with Gasteiger partial charge in [-0.25, -0.2) is 8.42 Å². The van der Waals surface area contributed by atoms with Crippen molar-refractivity contribution < 1.29 is 27.9 Å². The first-order chi connectivity index (χ1) is 23.4. The second-order valence-corrected chi connectivity index (χ2v) is 18.2. The third-order valence-corrected chi connectivity index (χ3v) is 12.4. The van der Waals surface area contributed by atoms with Gasteiger partial charge in [0.25, 0.3) is 5.91 Å². The number of likely N-dealkylation sites (tertiary alicyclic amines) is 1. The quantitative estimate of drug-likeness (QED) is 0.261. The molecule has 0 radical (unpaired) electrons. The normalized spacial score (nSPS) is 21.8. The van der Waals surface area contributed by atoms with Crippen molar-refractivity contribution in [3.8, 4) is 6.07 Å². The monoisotopic (exact) mass is 707 g/mol. The summed E-state index contributed by atoms with van der Waals surface area (Å²) in [5, 5.41) is 29.9. The number of benzene rings is 2. The molecule has 50 heavy (non-hydrogen) atoms. The number of rotatable bonds is 12. The van der Waals surface area contributed by atoms with Crippen molar-refractivity contribution in [2.45, 2.75) is 108 Å². The molecule has 2 aliphatic rings. The number of sulfone groups is 1. The molecule has 1 aliphatic carbocycles. The number of carbonyl (C=O) groups excluding carboxylic acids is 3. The van der Waals surface area contributed by atoms with Crippen LogP contribution < -0.4 is 16.0 Å². The highest BCUT2D eigenvalue weighted by Crippen LogP contribution is 2.39. The summed E-state index contributed by atoms with van der Waals surface area (Å²) in [5.41, 5.74) is 0.730. The first-order valence-electron chi connectivity index (χ1n) is 17.5. The largest absolute Gasteiger partial charge is 0.390 e. The number of piperidine rings is 1. The van der Waals surface area contributed by atoms with Gasteiger partial charge in [-0.3, -0.25) is 19.3 Å². The molecule has 6 unspecified atom stereocenters. The van der Waals surface area contributed by atoms with Crippen LogP contribution in [0.4, 0.5) is 0 Å². The number of hydrogen-bond acceptors (Lipinski definition) is 8. The number of nitriles is 1. The van der Waals surface area contributed by atoms with Crippen molar-refractivity contribution in [1.82, 2.24) is 20.9 Å². The van der Waals surface area contributed by atoms with Gasteiger partial charge in [0.1, 0.15) is 6.04 Å². The van der Waals surface area contributed by atoms with Gasteiger partial charge in [0.05, 0.1) is 34.6 Å². The standard InChI is InChI=1S/C38H53N5O6S/c1-37(2,3)42-35(46)31-21-27-16-10-11-17-29(27)23-43(31)24-32(44)30(20-25-13-8-7-9-14-25)40-36(47)33(38(4,5)50(6,48)49)41-34(45)28-18-12-15-26(19-28)22-39/h7-9,12-15,18-19,27,29-33,44H,10-11,16-17,20-21,23-24H2,1-6H3,(H,40,47)(H,41,45)(H,42,46). The van der Waals surface area contributed by atoms with Crippen LogP contribution in [0, 0.1) is 23.2 Å². The van der Waals surface area contributed by atoms with Crippen LogP contribution in [-0.2, 0) is 25.8 Å². The first-order valence-corrected chi connectivity index (χ1v) is 19.4. The lowest BCUT2D eigenvalue weighted by atomic mass is 9.72. The van der Waals surface area contributed by atoms with Gasteiger partial charge in [-0.15, -0.1) is 0 Å². The maximum atomic E-state index is 14.2. The molecule has 0 spiro atoms. The molecule has 3 amide bonds. The number of hydrogen-bond donors (Lipinski definition) is 4. The minimum absolute atomic E-state index is 0.0875. The molecule has 0 aromatic heterocycles. The lowest BCUT2D eigenvalue weighted by Gasteiger charge is -2.47. The molecule has 6 atom stereocenters. The molecule has 2 aromatic rings. The van der Waals surface area contributed by atoms with Crippen LogP contribution in [0.25, 0.3) is 0 Å². The third kappa shape index (κ3) is 9.92. The van der Waals surface area contributed by atoms with E-state index in [2.05, 4.69) is 16.0 Å². The Morgan fingerprint density at radius 2 is 1.64 bits per heavy atom. The topological polar surface area (TPSA) is 169 Å². The van der Waals surface area contributed by atoms with E-state index < -0.39 is 56.2 Å². The number of nitrogens with one attached hydrogen (secondary N) is 3. The Balaban J connectivity index is 1.64. The Bertz CT molecular complexity index is 1670. The van der Waals surface area contributed by atoms with Crippen LogP contribution >= 0.6 is 0 Å². The molecular weight excluding hydrogens is 655 g/mol. The highest BCUT2D eigenvalue weighted by atomic mass is 32.2. The highest BCUT2D eigenvalue weighted by Gasteiger charge is 2.46. The van der Waals surface area contributed by atoms with E-state index in [4.69, 9.17) is 0 Å². The SMILES string of the molecule is CC(C)(C)NC(=O)C1CC2CCCCC2CN1CC(O)C(Cc1ccccc1)NC(=O)C(NC(=O)c1cccc(C#N)c1)C(C)(C)S(C)(=O)=O. The van der Waals surface area contributed by atoms with E-state index in [0.29, 0.717) is 24.8 Å². The molecule has 12 heteroatoms. The molecule has 1 saturated heterocycles. The van der Waals surface area contributed by atoms with Crippen LogP contribution in [-0.4, -0.2) is 90.0 Å². The van der Waals surface area contributed by atoms with E-state index in [-0.39, 0.29) is 30.0 Å². The fourth-order valence-electron chi connectivity index (χ4n) is 7.13. The van der Waals surface area contributed by atoms with E-state index in [1.165, 1.54) is 38.1 Å². The van der Waals surface area contributed by atoms with Crippen LogP contribution in [0.15, 0.2) is 54.6 Å². The number of β-amino-alcohol motifs (C(OH)–C–C–N with tert-alkyl or cyclic N) is 1. The van der Waals surface area contributed by atoms with Gasteiger partial charge >= 0.3 is 0 Å². The van der Waals surface area contributed by atoms with Gasteiger partial charge in [-0.2, -0.15) is 5.26 Å². The van der Waals surface area contributed by atoms with E-state index in [9.17, 15) is 33.2 Å². The number of aliphatic hydroxyl groups excluding tert-OH is 1. The van der Waals surface area contributed by atoms with Crippen molar-refractivity contribution in [1.29, 1.82) is 5.26 Å². The lowest BCUT2D eigenvalue weighted by Crippen LogP contribution is -2.64. The average molecular weight is 708 g/mol. The number of carbonyl (C=O) groups is 3. The maximum Gasteiger partial charge on any atom is 0.252 e. The molecule has 11 nitrogen and oxygen atoms in total. The molecule has 2 aromatic carbocycles. The Labute approximate surface area is 297 Å². The fraction of sp³-hybridized carbons (Fsp3) is 0.579. The molecule has 1 heterocycles. The van der Waals surface area contributed by atoms with Crippen molar-refractivity contribution in [3.05, 3.63) is 71.3 Å². The molecule has 4 rings (SSSR count). The summed E-state index contributed by atoms with van der Waals surface area (Å²) in [4.78, 5) is 43.3. The predicted octanol–water partition coefficient (Wildman–Crippen LogP) is 3.36. The number of aliphatic hydroxyl groups is 1. The van der Waals surface area contributed by atoms with E-state index in [1.807, 2.05) is 62.1 Å². The molecule has 1 aliphatic heterocycles. The van der Waals surface area contributed by atoms with Crippen LogP contribution in [0.5, 0.6) is 0 Å².